The fourth-order valence-corrected chi connectivity index (χ4v) is 3.58. The van der Waals surface area contributed by atoms with Crippen LogP contribution in [0.3, 0.4) is 0 Å². The maximum Gasteiger partial charge on any atom is 0.0642 e. The third-order valence-corrected chi connectivity index (χ3v) is 4.73. The summed E-state index contributed by atoms with van der Waals surface area (Å²) in [6, 6.07) is 7.01. The van der Waals surface area contributed by atoms with Gasteiger partial charge in [-0.05, 0) is 44.0 Å². The lowest BCUT2D eigenvalue weighted by molar-refractivity contribution is 0.231. The van der Waals surface area contributed by atoms with Crippen LogP contribution in [0.4, 0.5) is 5.69 Å². The quantitative estimate of drug-likeness (QED) is 0.903. The molecule has 0 spiro atoms. The zero-order valence-electron chi connectivity index (χ0n) is 11.5. The van der Waals surface area contributed by atoms with Gasteiger partial charge in [0, 0.05) is 31.7 Å². The van der Waals surface area contributed by atoms with Crippen LogP contribution in [-0.4, -0.2) is 37.1 Å². The maximum atomic E-state index is 6.44. The SMILES string of the molecule is CC(N)c1ccc(N2CCN3CCCC3C2)c(Cl)c1. The second-order valence-electron chi connectivity index (χ2n) is 5.78. The highest BCUT2D eigenvalue weighted by molar-refractivity contribution is 6.33. The molecular formula is C15H22ClN3. The molecule has 1 aromatic rings. The van der Waals surface area contributed by atoms with Crippen molar-refractivity contribution in [2.24, 2.45) is 5.73 Å². The van der Waals surface area contributed by atoms with Crippen LogP contribution in [0.5, 0.6) is 0 Å². The second-order valence-corrected chi connectivity index (χ2v) is 6.18. The fraction of sp³-hybridized carbons (Fsp3) is 0.600. The molecule has 4 heteroatoms. The molecule has 104 valence electrons. The average molecular weight is 280 g/mol. The lowest BCUT2D eigenvalue weighted by atomic mass is 10.1. The van der Waals surface area contributed by atoms with Crippen molar-refractivity contribution < 1.29 is 0 Å². The first-order chi connectivity index (χ1) is 9.15. The van der Waals surface area contributed by atoms with Gasteiger partial charge in [-0.3, -0.25) is 4.90 Å². The number of rotatable bonds is 2. The molecule has 1 aromatic carbocycles. The van der Waals surface area contributed by atoms with Crippen LogP contribution < -0.4 is 10.6 Å². The molecule has 2 unspecified atom stereocenters. The highest BCUT2D eigenvalue weighted by atomic mass is 35.5. The number of piperazine rings is 1. The molecule has 2 atom stereocenters. The number of hydrogen-bond acceptors (Lipinski definition) is 3. The number of hydrogen-bond donors (Lipinski definition) is 1. The van der Waals surface area contributed by atoms with Crippen LogP contribution in [0.1, 0.15) is 31.4 Å². The Morgan fingerprint density at radius 1 is 1.32 bits per heavy atom. The normalized spacial score (nSPS) is 25.4. The number of benzene rings is 1. The van der Waals surface area contributed by atoms with Crippen molar-refractivity contribution in [3.63, 3.8) is 0 Å². The molecule has 2 heterocycles. The van der Waals surface area contributed by atoms with Crippen molar-refractivity contribution >= 4 is 17.3 Å². The summed E-state index contributed by atoms with van der Waals surface area (Å²) in [6.45, 7) is 6.61. The molecule has 3 rings (SSSR count). The summed E-state index contributed by atoms with van der Waals surface area (Å²) in [5.41, 5.74) is 8.17. The van der Waals surface area contributed by atoms with Crippen molar-refractivity contribution in [3.05, 3.63) is 28.8 Å². The molecule has 19 heavy (non-hydrogen) atoms. The number of halogens is 1. The van der Waals surface area contributed by atoms with E-state index in [2.05, 4.69) is 21.9 Å². The standard InChI is InChI=1S/C15H22ClN3/c1-11(17)12-4-5-15(14(16)9-12)19-8-7-18-6-2-3-13(18)10-19/h4-5,9,11,13H,2-3,6-8,10,17H2,1H3. The van der Waals surface area contributed by atoms with Gasteiger partial charge in [-0.15, -0.1) is 0 Å². The molecule has 2 aliphatic rings. The second kappa shape index (κ2) is 5.31. The molecule has 0 bridgehead atoms. The Hall–Kier alpha value is -0.770. The Morgan fingerprint density at radius 3 is 2.89 bits per heavy atom. The van der Waals surface area contributed by atoms with E-state index in [0.29, 0.717) is 0 Å². The molecular weight excluding hydrogens is 258 g/mol. The molecule has 3 nitrogen and oxygen atoms in total. The minimum atomic E-state index is 0.0400. The minimum absolute atomic E-state index is 0.0400. The van der Waals surface area contributed by atoms with Crippen molar-refractivity contribution in [3.8, 4) is 0 Å². The summed E-state index contributed by atoms with van der Waals surface area (Å²) in [6.07, 6.45) is 2.67. The molecule has 0 radical (unpaired) electrons. The third kappa shape index (κ3) is 2.60. The summed E-state index contributed by atoms with van der Waals surface area (Å²) < 4.78 is 0. The Balaban J connectivity index is 1.78. The molecule has 2 N–H and O–H groups in total. The monoisotopic (exact) mass is 279 g/mol. The molecule has 2 fully saturated rings. The van der Waals surface area contributed by atoms with Gasteiger partial charge in [-0.1, -0.05) is 17.7 Å². The van der Waals surface area contributed by atoms with E-state index in [1.807, 2.05) is 13.0 Å². The van der Waals surface area contributed by atoms with Crippen molar-refractivity contribution in [1.29, 1.82) is 0 Å². The minimum Gasteiger partial charge on any atom is -0.367 e. The molecule has 2 saturated heterocycles. The van der Waals surface area contributed by atoms with E-state index in [-0.39, 0.29) is 6.04 Å². The Bertz CT molecular complexity index is 461. The lowest BCUT2D eigenvalue weighted by Gasteiger charge is -2.39. The highest BCUT2D eigenvalue weighted by Gasteiger charge is 2.31. The first-order valence-electron chi connectivity index (χ1n) is 7.19. The van der Waals surface area contributed by atoms with E-state index in [1.165, 1.54) is 19.4 Å². The van der Waals surface area contributed by atoms with E-state index in [0.717, 1.165) is 41.9 Å². The molecule has 0 amide bonds. The lowest BCUT2D eigenvalue weighted by Crippen LogP contribution is -2.50. The summed E-state index contributed by atoms with van der Waals surface area (Å²) in [5, 5.41) is 0.834. The Morgan fingerprint density at radius 2 is 2.16 bits per heavy atom. The van der Waals surface area contributed by atoms with Crippen molar-refractivity contribution in [1.82, 2.24) is 4.90 Å². The van der Waals surface area contributed by atoms with Gasteiger partial charge < -0.3 is 10.6 Å². The summed E-state index contributed by atoms with van der Waals surface area (Å²) in [7, 11) is 0. The van der Waals surface area contributed by atoms with Crippen LogP contribution in [0.15, 0.2) is 18.2 Å². The van der Waals surface area contributed by atoms with Crippen LogP contribution in [0, 0.1) is 0 Å². The predicted molar refractivity (Wildman–Crippen MR) is 80.9 cm³/mol. The van der Waals surface area contributed by atoms with E-state index in [4.69, 9.17) is 17.3 Å². The van der Waals surface area contributed by atoms with Crippen molar-refractivity contribution in [2.45, 2.75) is 31.8 Å². The Kier molecular flexibility index (Phi) is 3.70. The molecule has 0 aromatic heterocycles. The van der Waals surface area contributed by atoms with E-state index in [9.17, 15) is 0 Å². The number of anilines is 1. The number of nitrogens with zero attached hydrogens (tertiary/aromatic N) is 2. The van der Waals surface area contributed by atoms with Gasteiger partial charge in [-0.25, -0.2) is 0 Å². The van der Waals surface area contributed by atoms with Gasteiger partial charge >= 0.3 is 0 Å². The topological polar surface area (TPSA) is 32.5 Å². The smallest absolute Gasteiger partial charge is 0.0642 e. The van der Waals surface area contributed by atoms with Gasteiger partial charge in [-0.2, -0.15) is 0 Å². The first kappa shape index (κ1) is 13.2. The van der Waals surface area contributed by atoms with Gasteiger partial charge in [0.15, 0.2) is 0 Å². The number of nitrogens with two attached hydrogens (primary N) is 1. The van der Waals surface area contributed by atoms with E-state index < -0.39 is 0 Å². The summed E-state index contributed by atoms with van der Waals surface area (Å²) in [5.74, 6) is 0. The van der Waals surface area contributed by atoms with Crippen molar-refractivity contribution in [2.75, 3.05) is 31.1 Å². The van der Waals surface area contributed by atoms with Gasteiger partial charge in [0.2, 0.25) is 0 Å². The summed E-state index contributed by atoms with van der Waals surface area (Å²) >= 11 is 6.44. The highest BCUT2D eigenvalue weighted by Crippen LogP contribution is 2.32. The zero-order valence-corrected chi connectivity index (χ0v) is 12.2. The van der Waals surface area contributed by atoms with E-state index >= 15 is 0 Å². The molecule has 0 saturated carbocycles. The van der Waals surface area contributed by atoms with Gasteiger partial charge in [0.1, 0.15) is 0 Å². The maximum absolute atomic E-state index is 6.44. The molecule has 2 aliphatic heterocycles. The van der Waals surface area contributed by atoms with Gasteiger partial charge in [0.25, 0.3) is 0 Å². The van der Waals surface area contributed by atoms with Crippen LogP contribution in [0.2, 0.25) is 5.02 Å². The average Bonchev–Trinajstić information content (AvgIpc) is 2.85. The largest absolute Gasteiger partial charge is 0.367 e. The summed E-state index contributed by atoms with van der Waals surface area (Å²) in [4.78, 5) is 5.04. The predicted octanol–water partition coefficient (Wildman–Crippen LogP) is 2.64. The third-order valence-electron chi connectivity index (χ3n) is 4.43. The first-order valence-corrected chi connectivity index (χ1v) is 7.57. The van der Waals surface area contributed by atoms with Crippen LogP contribution in [0.25, 0.3) is 0 Å². The Labute approximate surface area is 120 Å². The number of fused-ring (bicyclic) bond motifs is 1. The van der Waals surface area contributed by atoms with E-state index in [1.54, 1.807) is 0 Å². The van der Waals surface area contributed by atoms with Crippen LogP contribution in [-0.2, 0) is 0 Å². The molecule has 0 aliphatic carbocycles. The van der Waals surface area contributed by atoms with Gasteiger partial charge in [0.05, 0.1) is 10.7 Å². The zero-order chi connectivity index (χ0) is 13.4. The fourth-order valence-electron chi connectivity index (χ4n) is 3.27. The van der Waals surface area contributed by atoms with Crippen LogP contribution >= 0.6 is 11.6 Å².